The fourth-order valence-electron chi connectivity index (χ4n) is 4.31. The molecule has 0 aliphatic carbocycles. The smallest absolute Gasteiger partial charge is 0.411 e. The normalized spacial score (nSPS) is 20.0. The van der Waals surface area contributed by atoms with Gasteiger partial charge in [-0.2, -0.15) is 8.78 Å². The van der Waals surface area contributed by atoms with Crippen LogP contribution in [0.25, 0.3) is 11.0 Å². The van der Waals surface area contributed by atoms with Crippen LogP contribution >= 0.6 is 0 Å². The van der Waals surface area contributed by atoms with Gasteiger partial charge < -0.3 is 18.9 Å². The molecule has 1 aromatic heterocycles. The number of hydrogen-bond donors (Lipinski definition) is 0. The Balaban J connectivity index is 2.08. The van der Waals surface area contributed by atoms with Crippen molar-refractivity contribution < 1.29 is 37.3 Å². The highest BCUT2D eigenvalue weighted by Gasteiger charge is 2.51. The second-order valence-electron chi connectivity index (χ2n) is 9.76. The number of halogens is 2. The Hall–Kier alpha value is -3.50. The highest BCUT2D eigenvalue weighted by atomic mass is 19.3. The van der Waals surface area contributed by atoms with Crippen molar-refractivity contribution in [2.45, 2.75) is 64.2 Å². The second kappa shape index (κ2) is 10.9. The highest BCUT2D eigenvalue weighted by molar-refractivity contribution is 5.83. The standard InChI is InChI=1S/C26H33F2N3O6/c1-8-12-26(27,28)21-22(30-18-13-15(34-6)10-11-17(18)29-21)36-19-14-31(24(33)37-25(3,4)5)20(16(19)9-2)23(32)35-7/h8,10-11,13,16,19-20H,1,9,12,14H2,2-7H3/t16-,19+,20+/m1/s1. The van der Waals surface area contributed by atoms with Gasteiger partial charge in [-0.05, 0) is 39.3 Å². The fourth-order valence-corrected chi connectivity index (χ4v) is 4.31. The number of methoxy groups -OCH3 is 2. The van der Waals surface area contributed by atoms with E-state index in [2.05, 4.69) is 16.5 Å². The third-order valence-corrected chi connectivity index (χ3v) is 5.99. The number of alkyl halides is 2. The van der Waals surface area contributed by atoms with Gasteiger partial charge in [-0.15, -0.1) is 6.58 Å². The molecule has 0 saturated carbocycles. The van der Waals surface area contributed by atoms with Crippen LogP contribution in [0.4, 0.5) is 13.6 Å². The first kappa shape index (κ1) is 28.1. The van der Waals surface area contributed by atoms with E-state index < -0.39 is 59.6 Å². The van der Waals surface area contributed by atoms with Crippen LogP contribution in [0.15, 0.2) is 30.9 Å². The summed E-state index contributed by atoms with van der Waals surface area (Å²) in [5.74, 6) is -4.59. The Bertz CT molecular complexity index is 1170. The lowest BCUT2D eigenvalue weighted by atomic mass is 9.95. The van der Waals surface area contributed by atoms with Gasteiger partial charge in [-0.25, -0.2) is 19.6 Å². The molecule has 1 aromatic carbocycles. The van der Waals surface area contributed by atoms with Gasteiger partial charge in [-0.1, -0.05) is 13.0 Å². The highest BCUT2D eigenvalue weighted by Crippen LogP contribution is 2.40. The van der Waals surface area contributed by atoms with E-state index in [1.807, 2.05) is 0 Å². The van der Waals surface area contributed by atoms with Crippen LogP contribution in [0, 0.1) is 5.92 Å². The minimum Gasteiger partial charge on any atom is -0.497 e. The Morgan fingerprint density at radius 1 is 1.19 bits per heavy atom. The van der Waals surface area contributed by atoms with Gasteiger partial charge in [0.05, 0.1) is 31.8 Å². The third kappa shape index (κ3) is 6.08. The van der Waals surface area contributed by atoms with E-state index in [1.165, 1.54) is 25.2 Å². The molecule has 3 rings (SSSR count). The molecule has 0 spiro atoms. The molecule has 0 N–H and O–H groups in total. The molecule has 11 heteroatoms. The van der Waals surface area contributed by atoms with Crippen LogP contribution < -0.4 is 9.47 Å². The summed E-state index contributed by atoms with van der Waals surface area (Å²) in [6.07, 6.45) is -0.810. The van der Waals surface area contributed by atoms with Gasteiger partial charge in [0, 0.05) is 18.4 Å². The topological polar surface area (TPSA) is 100 Å². The number of allylic oxidation sites excluding steroid dienone is 1. The lowest BCUT2D eigenvalue weighted by molar-refractivity contribution is -0.147. The number of ether oxygens (including phenoxy) is 4. The quantitative estimate of drug-likeness (QED) is 0.358. The molecule has 1 aliphatic rings. The zero-order chi connectivity index (χ0) is 27.5. The Morgan fingerprint density at radius 2 is 1.89 bits per heavy atom. The zero-order valence-corrected chi connectivity index (χ0v) is 21.9. The van der Waals surface area contributed by atoms with E-state index in [-0.39, 0.29) is 17.6 Å². The summed E-state index contributed by atoms with van der Waals surface area (Å²) in [5.41, 5.74) is -0.966. The number of nitrogens with zero attached hydrogens (tertiary/aromatic N) is 3. The van der Waals surface area contributed by atoms with Crippen LogP contribution in [-0.4, -0.2) is 65.4 Å². The number of esters is 1. The predicted molar refractivity (Wildman–Crippen MR) is 132 cm³/mol. The monoisotopic (exact) mass is 521 g/mol. The summed E-state index contributed by atoms with van der Waals surface area (Å²) in [6, 6.07) is 3.65. The Labute approximate surface area is 214 Å². The summed E-state index contributed by atoms with van der Waals surface area (Å²) in [5, 5.41) is 0. The van der Waals surface area contributed by atoms with Crippen LogP contribution in [0.5, 0.6) is 11.6 Å². The number of rotatable bonds is 8. The summed E-state index contributed by atoms with van der Waals surface area (Å²) in [7, 11) is 2.69. The van der Waals surface area contributed by atoms with Crippen molar-refractivity contribution in [2.75, 3.05) is 20.8 Å². The summed E-state index contributed by atoms with van der Waals surface area (Å²) < 4.78 is 52.0. The van der Waals surface area contributed by atoms with Crippen molar-refractivity contribution in [1.29, 1.82) is 0 Å². The summed E-state index contributed by atoms with van der Waals surface area (Å²) in [6.45, 7) is 10.2. The lowest BCUT2D eigenvalue weighted by Crippen LogP contribution is -2.46. The van der Waals surface area contributed by atoms with Crippen LogP contribution in [0.2, 0.25) is 0 Å². The number of fused-ring (bicyclic) bond motifs is 1. The van der Waals surface area contributed by atoms with Crippen LogP contribution in [0.1, 0.15) is 46.2 Å². The predicted octanol–water partition coefficient (Wildman–Crippen LogP) is 4.87. The first-order valence-corrected chi connectivity index (χ1v) is 11.9. The molecule has 9 nitrogen and oxygen atoms in total. The van der Waals surface area contributed by atoms with Gasteiger partial charge >= 0.3 is 12.1 Å². The number of carbonyl (C=O) groups excluding carboxylic acids is 2. The average molecular weight is 522 g/mol. The van der Waals surface area contributed by atoms with Crippen molar-refractivity contribution in [3.63, 3.8) is 0 Å². The first-order valence-electron chi connectivity index (χ1n) is 11.9. The maximum atomic E-state index is 15.2. The van der Waals surface area contributed by atoms with Crippen molar-refractivity contribution in [2.24, 2.45) is 5.92 Å². The molecule has 0 unspecified atom stereocenters. The number of benzene rings is 1. The minimum atomic E-state index is -3.43. The SMILES string of the molecule is C=CCC(F)(F)c1nc2ccc(OC)cc2nc1O[C@H]1CN(C(=O)OC(C)(C)C)[C@H](C(=O)OC)[C@@H]1CC. The third-order valence-electron chi connectivity index (χ3n) is 5.99. The van der Waals surface area contributed by atoms with Gasteiger partial charge in [0.25, 0.3) is 5.92 Å². The molecule has 37 heavy (non-hydrogen) atoms. The maximum Gasteiger partial charge on any atom is 0.411 e. The molecule has 1 saturated heterocycles. The Morgan fingerprint density at radius 3 is 2.46 bits per heavy atom. The number of amides is 1. The molecule has 3 atom stereocenters. The van der Waals surface area contributed by atoms with Crippen molar-refractivity contribution in [3.05, 3.63) is 36.5 Å². The second-order valence-corrected chi connectivity index (χ2v) is 9.76. The Kier molecular flexibility index (Phi) is 8.24. The molecule has 1 amide bonds. The number of likely N-dealkylation sites (tertiary alicyclic amines) is 1. The van der Waals surface area contributed by atoms with Crippen molar-refractivity contribution in [3.8, 4) is 11.6 Å². The van der Waals surface area contributed by atoms with Gasteiger partial charge in [-0.3, -0.25) is 4.90 Å². The zero-order valence-electron chi connectivity index (χ0n) is 21.9. The lowest BCUT2D eigenvalue weighted by Gasteiger charge is -2.28. The molecular formula is C26H33F2N3O6. The largest absolute Gasteiger partial charge is 0.497 e. The van der Waals surface area contributed by atoms with Crippen LogP contribution in [-0.2, 0) is 20.2 Å². The van der Waals surface area contributed by atoms with Crippen molar-refractivity contribution in [1.82, 2.24) is 14.9 Å². The number of aromatic nitrogens is 2. The van der Waals surface area contributed by atoms with Gasteiger partial charge in [0.2, 0.25) is 5.88 Å². The molecular weight excluding hydrogens is 488 g/mol. The molecule has 1 fully saturated rings. The maximum absolute atomic E-state index is 15.2. The van der Waals surface area contributed by atoms with E-state index in [4.69, 9.17) is 18.9 Å². The van der Waals surface area contributed by atoms with Crippen LogP contribution in [0.3, 0.4) is 0 Å². The van der Waals surface area contributed by atoms with E-state index in [0.717, 1.165) is 6.08 Å². The van der Waals surface area contributed by atoms with E-state index in [9.17, 15) is 9.59 Å². The number of carbonyl (C=O) groups is 2. The molecule has 1 aliphatic heterocycles. The average Bonchev–Trinajstić information content (AvgIpc) is 3.19. The van der Waals surface area contributed by atoms with Gasteiger partial charge in [0.1, 0.15) is 23.5 Å². The van der Waals surface area contributed by atoms with E-state index in [0.29, 0.717) is 12.2 Å². The molecule has 0 radical (unpaired) electrons. The minimum absolute atomic E-state index is 0.0997. The molecule has 2 heterocycles. The van der Waals surface area contributed by atoms with Gasteiger partial charge in [0.15, 0.2) is 5.69 Å². The summed E-state index contributed by atoms with van der Waals surface area (Å²) >= 11 is 0. The molecule has 202 valence electrons. The fraction of sp³-hybridized carbons (Fsp3) is 0.538. The first-order chi connectivity index (χ1) is 17.3. The number of hydrogen-bond acceptors (Lipinski definition) is 8. The van der Waals surface area contributed by atoms with Crippen molar-refractivity contribution >= 4 is 23.1 Å². The summed E-state index contributed by atoms with van der Waals surface area (Å²) in [4.78, 5) is 35.4. The molecule has 0 bridgehead atoms. The van der Waals surface area contributed by atoms with E-state index in [1.54, 1.807) is 39.8 Å². The van der Waals surface area contributed by atoms with E-state index >= 15 is 8.78 Å². The molecule has 2 aromatic rings.